The number of anilines is 1. The number of carbonyl (C=O) groups excluding carboxylic acids is 3. The Bertz CT molecular complexity index is 823. The minimum absolute atomic E-state index is 0.122. The maximum atomic E-state index is 11.9. The zero-order valence-electron chi connectivity index (χ0n) is 15.6. The van der Waals surface area contributed by atoms with Crippen molar-refractivity contribution >= 4 is 46.8 Å². The van der Waals surface area contributed by atoms with Crippen LogP contribution in [0.1, 0.15) is 16.8 Å². The Labute approximate surface area is 173 Å². The molecular formula is C20H21ClN2O4S. The number of ether oxygens (including phenoxy) is 1. The van der Waals surface area contributed by atoms with Crippen LogP contribution < -0.4 is 5.32 Å². The molecule has 2 rings (SSSR count). The van der Waals surface area contributed by atoms with Crippen molar-refractivity contribution in [3.63, 3.8) is 0 Å². The van der Waals surface area contributed by atoms with Gasteiger partial charge < -0.3 is 15.0 Å². The summed E-state index contributed by atoms with van der Waals surface area (Å²) >= 11 is 7.33. The van der Waals surface area contributed by atoms with E-state index in [2.05, 4.69) is 5.32 Å². The molecule has 0 atom stereocenters. The van der Waals surface area contributed by atoms with Gasteiger partial charge in [0.2, 0.25) is 0 Å². The fourth-order valence-corrected chi connectivity index (χ4v) is 3.11. The summed E-state index contributed by atoms with van der Waals surface area (Å²) in [5, 5.41) is 3.28. The van der Waals surface area contributed by atoms with Gasteiger partial charge in [0.25, 0.3) is 11.8 Å². The summed E-state index contributed by atoms with van der Waals surface area (Å²) in [6.07, 6.45) is 0.196. The molecule has 0 aliphatic rings. The first-order valence-electron chi connectivity index (χ1n) is 8.50. The highest BCUT2D eigenvalue weighted by Gasteiger charge is 2.10. The molecule has 8 heteroatoms. The van der Waals surface area contributed by atoms with Crippen LogP contribution in [0.15, 0.2) is 53.4 Å². The first-order chi connectivity index (χ1) is 13.3. The maximum absolute atomic E-state index is 11.9. The molecule has 2 aromatic rings. The van der Waals surface area contributed by atoms with Crippen LogP contribution in [-0.4, -0.2) is 49.1 Å². The van der Waals surface area contributed by atoms with Crippen molar-refractivity contribution in [2.45, 2.75) is 11.3 Å². The Balaban J connectivity index is 1.69. The largest absolute Gasteiger partial charge is 0.456 e. The van der Waals surface area contributed by atoms with Crippen molar-refractivity contribution in [1.82, 2.24) is 4.90 Å². The van der Waals surface area contributed by atoms with Gasteiger partial charge in [0, 0.05) is 41.0 Å². The molecule has 0 saturated heterocycles. The second-order valence-corrected chi connectivity index (χ2v) is 7.64. The zero-order chi connectivity index (χ0) is 20.5. The van der Waals surface area contributed by atoms with Gasteiger partial charge in [-0.3, -0.25) is 14.4 Å². The summed E-state index contributed by atoms with van der Waals surface area (Å²) in [4.78, 5) is 37.9. The standard InChI is InChI=1S/C20H21ClN2O4S/c1-23(2)20(26)14-3-7-16(8-4-14)22-18(24)13-27-19(25)11-12-28-17-9-5-15(21)6-10-17/h3-10H,11-13H2,1-2H3,(H,22,24). The predicted octanol–water partition coefficient (Wildman–Crippen LogP) is 3.71. The number of esters is 1. The molecule has 0 heterocycles. The van der Waals surface area contributed by atoms with Crippen LogP contribution in [0.5, 0.6) is 0 Å². The van der Waals surface area contributed by atoms with E-state index in [1.165, 1.54) is 16.7 Å². The summed E-state index contributed by atoms with van der Waals surface area (Å²) < 4.78 is 4.98. The average Bonchev–Trinajstić information content (AvgIpc) is 2.68. The molecular weight excluding hydrogens is 400 g/mol. The number of hydrogen-bond donors (Lipinski definition) is 1. The number of halogens is 1. The van der Waals surface area contributed by atoms with Crippen LogP contribution >= 0.6 is 23.4 Å². The summed E-state index contributed by atoms with van der Waals surface area (Å²) in [5.74, 6) is -0.457. The number of nitrogens with zero attached hydrogens (tertiary/aromatic N) is 1. The molecule has 2 amide bonds. The maximum Gasteiger partial charge on any atom is 0.307 e. The Morgan fingerprint density at radius 1 is 1.04 bits per heavy atom. The van der Waals surface area contributed by atoms with Crippen LogP contribution in [0.25, 0.3) is 0 Å². The van der Waals surface area contributed by atoms with E-state index in [1.807, 2.05) is 12.1 Å². The van der Waals surface area contributed by atoms with Gasteiger partial charge in [-0.2, -0.15) is 0 Å². The highest BCUT2D eigenvalue weighted by atomic mass is 35.5. The van der Waals surface area contributed by atoms with Gasteiger partial charge in [-0.15, -0.1) is 11.8 Å². The molecule has 0 aliphatic carbocycles. The summed E-state index contributed by atoms with van der Waals surface area (Å²) in [6, 6.07) is 13.8. The smallest absolute Gasteiger partial charge is 0.307 e. The number of benzene rings is 2. The van der Waals surface area contributed by atoms with Gasteiger partial charge in [-0.1, -0.05) is 11.6 Å². The summed E-state index contributed by atoms with van der Waals surface area (Å²) in [6.45, 7) is -0.358. The quantitative estimate of drug-likeness (QED) is 0.520. The molecule has 1 N–H and O–H groups in total. The molecule has 0 aliphatic heterocycles. The lowest BCUT2D eigenvalue weighted by Gasteiger charge is -2.11. The normalized spacial score (nSPS) is 10.2. The van der Waals surface area contributed by atoms with Crippen molar-refractivity contribution in [2.75, 3.05) is 31.8 Å². The van der Waals surface area contributed by atoms with E-state index in [0.29, 0.717) is 22.0 Å². The SMILES string of the molecule is CN(C)C(=O)c1ccc(NC(=O)COC(=O)CCSc2ccc(Cl)cc2)cc1. The monoisotopic (exact) mass is 420 g/mol. The lowest BCUT2D eigenvalue weighted by molar-refractivity contribution is -0.146. The van der Waals surface area contributed by atoms with Crippen molar-refractivity contribution in [3.05, 3.63) is 59.1 Å². The first-order valence-corrected chi connectivity index (χ1v) is 9.87. The molecule has 0 saturated carbocycles. The van der Waals surface area contributed by atoms with E-state index >= 15 is 0 Å². The van der Waals surface area contributed by atoms with Gasteiger partial charge >= 0.3 is 5.97 Å². The van der Waals surface area contributed by atoms with E-state index < -0.39 is 11.9 Å². The molecule has 2 aromatic carbocycles. The van der Waals surface area contributed by atoms with Crippen LogP contribution in [0.2, 0.25) is 5.02 Å². The third-order valence-corrected chi connectivity index (χ3v) is 4.84. The third kappa shape index (κ3) is 7.25. The number of carbonyl (C=O) groups is 3. The Morgan fingerprint density at radius 3 is 2.29 bits per heavy atom. The number of amides is 2. The summed E-state index contributed by atoms with van der Waals surface area (Å²) in [5.41, 5.74) is 1.04. The highest BCUT2D eigenvalue weighted by Crippen LogP contribution is 2.21. The van der Waals surface area contributed by atoms with Gasteiger partial charge in [-0.25, -0.2) is 0 Å². The second kappa shape index (κ2) is 10.7. The van der Waals surface area contributed by atoms with Crippen molar-refractivity contribution in [2.24, 2.45) is 0 Å². The van der Waals surface area contributed by atoms with E-state index in [4.69, 9.17) is 16.3 Å². The molecule has 28 heavy (non-hydrogen) atoms. The van der Waals surface area contributed by atoms with Gasteiger partial charge in [-0.05, 0) is 48.5 Å². The molecule has 148 valence electrons. The fourth-order valence-electron chi connectivity index (χ4n) is 2.15. The van der Waals surface area contributed by atoms with Gasteiger partial charge in [0.05, 0.1) is 6.42 Å². The third-order valence-electron chi connectivity index (χ3n) is 3.57. The van der Waals surface area contributed by atoms with Crippen LogP contribution in [0.4, 0.5) is 5.69 Å². The molecule has 6 nitrogen and oxygen atoms in total. The minimum Gasteiger partial charge on any atom is -0.456 e. The number of hydrogen-bond acceptors (Lipinski definition) is 5. The zero-order valence-corrected chi connectivity index (χ0v) is 17.2. The van der Waals surface area contributed by atoms with E-state index in [9.17, 15) is 14.4 Å². The second-order valence-electron chi connectivity index (χ2n) is 6.04. The summed E-state index contributed by atoms with van der Waals surface area (Å²) in [7, 11) is 3.33. The van der Waals surface area contributed by atoms with E-state index in [-0.39, 0.29) is 18.9 Å². The number of thioether (sulfide) groups is 1. The molecule has 0 spiro atoms. The van der Waals surface area contributed by atoms with Crippen LogP contribution in [0.3, 0.4) is 0 Å². The molecule has 0 aromatic heterocycles. The van der Waals surface area contributed by atoms with Gasteiger partial charge in [0.15, 0.2) is 6.61 Å². The Hall–Kier alpha value is -2.51. The molecule has 0 bridgehead atoms. The number of rotatable bonds is 8. The number of nitrogens with one attached hydrogen (secondary N) is 1. The Morgan fingerprint density at radius 2 is 1.68 bits per heavy atom. The minimum atomic E-state index is -0.441. The molecule has 0 fully saturated rings. The van der Waals surface area contributed by atoms with Crippen LogP contribution in [-0.2, 0) is 14.3 Å². The predicted molar refractivity (Wildman–Crippen MR) is 111 cm³/mol. The van der Waals surface area contributed by atoms with Crippen molar-refractivity contribution in [3.8, 4) is 0 Å². The lowest BCUT2D eigenvalue weighted by atomic mass is 10.2. The van der Waals surface area contributed by atoms with E-state index in [0.717, 1.165) is 4.90 Å². The topological polar surface area (TPSA) is 75.7 Å². The van der Waals surface area contributed by atoms with Crippen molar-refractivity contribution in [1.29, 1.82) is 0 Å². The fraction of sp³-hybridized carbons (Fsp3) is 0.250. The lowest BCUT2D eigenvalue weighted by Crippen LogP contribution is -2.22. The van der Waals surface area contributed by atoms with Crippen LogP contribution in [0, 0.1) is 0 Å². The average molecular weight is 421 g/mol. The van der Waals surface area contributed by atoms with Gasteiger partial charge in [0.1, 0.15) is 0 Å². The van der Waals surface area contributed by atoms with Crippen molar-refractivity contribution < 1.29 is 19.1 Å². The molecule has 0 unspecified atom stereocenters. The highest BCUT2D eigenvalue weighted by molar-refractivity contribution is 7.99. The molecule has 0 radical (unpaired) electrons. The Kier molecular flexibility index (Phi) is 8.35. The first kappa shape index (κ1) is 21.8. The van der Waals surface area contributed by atoms with E-state index in [1.54, 1.807) is 50.5 Å².